The van der Waals surface area contributed by atoms with Crippen molar-refractivity contribution in [2.45, 2.75) is 116 Å². The van der Waals surface area contributed by atoms with E-state index in [1.54, 1.807) is 0 Å². The van der Waals surface area contributed by atoms with Crippen molar-refractivity contribution in [1.82, 2.24) is 0 Å². The summed E-state index contributed by atoms with van der Waals surface area (Å²) in [4.78, 5) is 5.06. The van der Waals surface area contributed by atoms with Crippen LogP contribution in [0, 0.1) is 23.7 Å². The number of hydrogen-bond donors (Lipinski definition) is 1. The first kappa shape index (κ1) is 23.8. The fourth-order valence-corrected chi connectivity index (χ4v) is 6.49. The van der Waals surface area contributed by atoms with Gasteiger partial charge in [0.25, 0.3) is 0 Å². The van der Waals surface area contributed by atoms with Gasteiger partial charge >= 0.3 is 0 Å². The summed E-state index contributed by atoms with van der Waals surface area (Å²) in [5.41, 5.74) is 2.65. The highest BCUT2D eigenvalue weighted by Gasteiger charge is 2.34. The van der Waals surface area contributed by atoms with Crippen LogP contribution in [-0.2, 0) is 4.89 Å². The van der Waals surface area contributed by atoms with Gasteiger partial charge in [0.15, 0.2) is 0 Å². The van der Waals surface area contributed by atoms with Crippen molar-refractivity contribution in [1.29, 1.82) is 0 Å². The molecule has 1 N–H and O–H groups in total. The molecule has 1 aromatic carbocycles. The molecule has 2 nitrogen and oxygen atoms in total. The van der Waals surface area contributed by atoms with Crippen LogP contribution in [0.1, 0.15) is 132 Å². The molecule has 0 amide bonds. The first-order valence-electron chi connectivity index (χ1n) is 13.1. The normalized spacial score (nSPS) is 31.5. The third-order valence-electron chi connectivity index (χ3n) is 8.43. The third-order valence-corrected chi connectivity index (χ3v) is 8.43. The molecule has 0 saturated heterocycles. The van der Waals surface area contributed by atoms with Crippen LogP contribution in [0.15, 0.2) is 24.3 Å². The van der Waals surface area contributed by atoms with Gasteiger partial charge in [-0.15, -0.1) is 0 Å². The molecule has 3 saturated carbocycles. The molecule has 0 spiro atoms. The van der Waals surface area contributed by atoms with Crippen molar-refractivity contribution in [3.8, 4) is 0 Å². The molecular weight excluding hydrogens is 368 g/mol. The summed E-state index contributed by atoms with van der Waals surface area (Å²) in [6, 6.07) is 9.04. The second-order valence-corrected chi connectivity index (χ2v) is 10.2. The number of rotatable bonds is 5. The second-order valence-electron chi connectivity index (χ2n) is 10.2. The van der Waals surface area contributed by atoms with E-state index in [-0.39, 0.29) is 10.4 Å². The minimum absolute atomic E-state index is 0. The average molecular weight is 421 g/mol. The zero-order valence-electron chi connectivity index (χ0n) is 19.8. The molecule has 30 heavy (non-hydrogen) atoms. The molecule has 0 bridgehead atoms. The molecule has 1 unspecified atom stereocenters. The van der Waals surface area contributed by atoms with E-state index in [0.29, 0.717) is 5.92 Å². The van der Waals surface area contributed by atoms with E-state index in [1.165, 1.54) is 89.0 Å². The summed E-state index contributed by atoms with van der Waals surface area (Å²) >= 11 is 0. The van der Waals surface area contributed by atoms with Gasteiger partial charge < -0.3 is 0 Å². The Labute approximate surface area is 190 Å². The van der Waals surface area contributed by atoms with Gasteiger partial charge in [0, 0.05) is 4.28 Å². The predicted molar refractivity (Wildman–Crippen MR) is 133 cm³/mol. The Bertz CT molecular complexity index is 588. The van der Waals surface area contributed by atoms with Crippen LogP contribution >= 0.6 is 0 Å². The molecule has 2 heteroatoms. The molecule has 0 heterocycles. The van der Waals surface area contributed by atoms with Crippen LogP contribution in [0.5, 0.6) is 0 Å². The zero-order valence-corrected chi connectivity index (χ0v) is 19.8. The highest BCUT2D eigenvalue weighted by molar-refractivity contribution is 5.27. The lowest BCUT2D eigenvalue weighted by atomic mass is 9.68. The summed E-state index contributed by atoms with van der Waals surface area (Å²) in [5.74, 6) is 4.02. The van der Waals surface area contributed by atoms with Crippen LogP contribution in [0.2, 0.25) is 0 Å². The second kappa shape index (κ2) is 12.2. The van der Waals surface area contributed by atoms with E-state index in [9.17, 15) is 5.26 Å². The van der Waals surface area contributed by atoms with Gasteiger partial charge in [-0.1, -0.05) is 77.1 Å². The average Bonchev–Trinajstić information content (AvgIpc) is 2.83. The molecule has 0 aromatic heterocycles. The minimum atomic E-state index is -0.146. The van der Waals surface area contributed by atoms with Gasteiger partial charge in [-0.05, 0) is 92.1 Å². The first-order chi connectivity index (χ1) is 14.7. The van der Waals surface area contributed by atoms with Crippen LogP contribution in [0.25, 0.3) is 0 Å². The Balaban J connectivity index is 0.00000199. The van der Waals surface area contributed by atoms with Crippen molar-refractivity contribution < 1.29 is 14.4 Å². The molecule has 1 aromatic rings. The van der Waals surface area contributed by atoms with Crippen molar-refractivity contribution in [2.24, 2.45) is 23.7 Å². The fraction of sp³-hybridized carbons (Fsp3) is 0.786. The van der Waals surface area contributed by atoms with E-state index in [0.717, 1.165) is 29.2 Å². The van der Waals surface area contributed by atoms with Crippen molar-refractivity contribution in [3.63, 3.8) is 0 Å². The van der Waals surface area contributed by atoms with E-state index in [2.05, 4.69) is 31.2 Å². The number of benzene rings is 1. The fourth-order valence-electron chi connectivity index (χ4n) is 6.49. The van der Waals surface area contributed by atoms with Gasteiger partial charge in [-0.25, -0.2) is 4.89 Å². The Morgan fingerprint density at radius 2 is 1.30 bits per heavy atom. The first-order valence-corrected chi connectivity index (χ1v) is 13.1. The summed E-state index contributed by atoms with van der Waals surface area (Å²) in [7, 11) is 0. The topological polar surface area (TPSA) is 29.5 Å². The van der Waals surface area contributed by atoms with Gasteiger partial charge in [-0.3, -0.25) is 5.26 Å². The molecule has 3 aliphatic carbocycles. The lowest BCUT2D eigenvalue weighted by Gasteiger charge is -2.38. The van der Waals surface area contributed by atoms with E-state index < -0.39 is 0 Å². The van der Waals surface area contributed by atoms with Crippen LogP contribution < -0.4 is 0 Å². The molecule has 4 rings (SSSR count). The smallest absolute Gasteiger partial charge is 0.120 e. The standard InChI is InChI=1S/C26H40O2.C2H6.3H2/c1-19-7-9-21(10-8-19)23-13-17-25(18-14-23)26(28-27)24-15-11-22(12-16-24)20-5-3-2-4-6-20;1-2;;;/h11-12,15-16,19-21,23,25-27H,2-10,13-14,17-18H2,1H3;1-2H3;3*1H. The van der Waals surface area contributed by atoms with E-state index >= 15 is 0 Å². The highest BCUT2D eigenvalue weighted by atomic mass is 17.1. The maximum atomic E-state index is 9.69. The Morgan fingerprint density at radius 3 is 1.83 bits per heavy atom. The summed E-state index contributed by atoms with van der Waals surface area (Å²) in [6.45, 7) is 6.41. The van der Waals surface area contributed by atoms with Crippen LogP contribution in [-0.4, -0.2) is 5.26 Å². The monoisotopic (exact) mass is 420 g/mol. The summed E-state index contributed by atoms with van der Waals surface area (Å²) in [5, 5.41) is 9.69. The lowest BCUT2D eigenvalue weighted by Crippen LogP contribution is -2.28. The molecule has 0 radical (unpaired) electrons. The molecule has 1 atom stereocenters. The van der Waals surface area contributed by atoms with Crippen LogP contribution in [0.3, 0.4) is 0 Å². The maximum Gasteiger partial charge on any atom is 0.120 e. The van der Waals surface area contributed by atoms with E-state index in [4.69, 9.17) is 4.89 Å². The van der Waals surface area contributed by atoms with Gasteiger partial charge in [0.05, 0.1) is 0 Å². The Hall–Kier alpha value is -0.860. The third kappa shape index (κ3) is 6.10. The lowest BCUT2D eigenvalue weighted by molar-refractivity contribution is -0.296. The van der Waals surface area contributed by atoms with Crippen LogP contribution in [0.4, 0.5) is 0 Å². The Kier molecular flexibility index (Phi) is 9.71. The summed E-state index contributed by atoms with van der Waals surface area (Å²) in [6.07, 6.45) is 17.5. The van der Waals surface area contributed by atoms with Gasteiger partial charge in [0.2, 0.25) is 0 Å². The maximum absolute atomic E-state index is 9.69. The van der Waals surface area contributed by atoms with Crippen molar-refractivity contribution >= 4 is 0 Å². The van der Waals surface area contributed by atoms with Gasteiger partial charge in [0.1, 0.15) is 6.10 Å². The van der Waals surface area contributed by atoms with Gasteiger partial charge in [-0.2, -0.15) is 0 Å². The minimum Gasteiger partial charge on any atom is -0.251 e. The van der Waals surface area contributed by atoms with E-state index in [1.807, 2.05) is 13.8 Å². The van der Waals surface area contributed by atoms with Crippen molar-refractivity contribution in [2.75, 3.05) is 0 Å². The number of hydrogen-bond acceptors (Lipinski definition) is 2. The highest BCUT2D eigenvalue weighted by Crippen LogP contribution is 2.45. The van der Waals surface area contributed by atoms with Crippen molar-refractivity contribution in [3.05, 3.63) is 35.4 Å². The molecule has 3 aliphatic rings. The SMILES string of the molecule is CC.CC1CCC(C2CCC(C(OO)c3ccc(C4CCCCC4)cc3)CC2)CC1.[HH].[HH].[HH]. The molecular formula is C28H52O2. The zero-order chi connectivity index (χ0) is 21.3. The molecule has 3 fully saturated rings. The quantitative estimate of drug-likeness (QED) is 0.379. The molecule has 0 aliphatic heterocycles. The summed E-state index contributed by atoms with van der Waals surface area (Å²) < 4.78 is 0. The molecule has 176 valence electrons. The Morgan fingerprint density at radius 1 is 0.767 bits per heavy atom. The predicted octanol–water partition coefficient (Wildman–Crippen LogP) is 9.66. The largest absolute Gasteiger partial charge is 0.251 e.